The maximum Gasteiger partial charge on any atom is 0.376 e. The zero-order valence-electron chi connectivity index (χ0n) is 8.30. The molecule has 1 fully saturated rings. The number of aromatic nitrogens is 2. The van der Waals surface area contributed by atoms with Gasteiger partial charge < -0.3 is 15.8 Å². The van der Waals surface area contributed by atoms with Crippen LogP contribution in [-0.2, 0) is 4.74 Å². The van der Waals surface area contributed by atoms with Crippen molar-refractivity contribution in [2.24, 2.45) is 5.73 Å². The van der Waals surface area contributed by atoms with Crippen LogP contribution in [0.4, 0.5) is 5.82 Å². The van der Waals surface area contributed by atoms with Crippen LogP contribution in [0.25, 0.3) is 0 Å². The first-order valence-corrected chi connectivity index (χ1v) is 4.64. The van der Waals surface area contributed by atoms with Crippen molar-refractivity contribution in [3.63, 3.8) is 0 Å². The van der Waals surface area contributed by atoms with Gasteiger partial charge in [0.15, 0.2) is 0 Å². The molecule has 80 valence electrons. The first-order chi connectivity index (χ1) is 7.20. The number of hydrogen-bond donors (Lipinski definition) is 2. The molecule has 0 aliphatic heterocycles. The van der Waals surface area contributed by atoms with Crippen LogP contribution >= 0.6 is 0 Å². The third-order valence-corrected chi connectivity index (χ3v) is 2.20. The Hall–Kier alpha value is -1.69. The number of rotatable bonds is 3. The minimum absolute atomic E-state index is 0.0525. The molecule has 1 aromatic heterocycles. The summed E-state index contributed by atoms with van der Waals surface area (Å²) in [6, 6.07) is 2.13. The lowest BCUT2D eigenvalue weighted by Gasteiger charge is -2.04. The monoisotopic (exact) mass is 208 g/mol. The van der Waals surface area contributed by atoms with Gasteiger partial charge in [-0.2, -0.15) is 0 Å². The number of nitrogens with zero attached hydrogens (tertiary/aromatic N) is 2. The van der Waals surface area contributed by atoms with E-state index in [-0.39, 0.29) is 17.9 Å². The summed E-state index contributed by atoms with van der Waals surface area (Å²) in [5, 5.41) is 3.10. The highest BCUT2D eigenvalue weighted by Gasteiger charge is 2.33. The predicted molar refractivity (Wildman–Crippen MR) is 53.4 cm³/mol. The van der Waals surface area contributed by atoms with Gasteiger partial charge in [-0.25, -0.2) is 14.8 Å². The quantitative estimate of drug-likeness (QED) is 0.667. The molecule has 6 nitrogen and oxygen atoms in total. The Balaban J connectivity index is 2.08. The second-order valence-electron chi connectivity index (χ2n) is 3.41. The molecule has 1 heterocycles. The molecule has 1 aliphatic carbocycles. The van der Waals surface area contributed by atoms with E-state index >= 15 is 0 Å². The summed E-state index contributed by atoms with van der Waals surface area (Å²) in [6.07, 6.45) is 2.44. The number of anilines is 1. The summed E-state index contributed by atoms with van der Waals surface area (Å²) in [5.74, 6) is 0.110. The van der Waals surface area contributed by atoms with E-state index in [0.717, 1.165) is 6.42 Å². The standard InChI is InChI=1S/C9H12N4O2/c1-15-9(14)8-11-3-2-7(13-8)12-6-4-5(6)10/h2-3,5-6H,4,10H2,1H3,(H,11,12,13). The zero-order valence-corrected chi connectivity index (χ0v) is 8.30. The average molecular weight is 208 g/mol. The van der Waals surface area contributed by atoms with Gasteiger partial charge in [0.25, 0.3) is 0 Å². The molecule has 0 spiro atoms. The molecular weight excluding hydrogens is 196 g/mol. The molecule has 0 bridgehead atoms. The summed E-state index contributed by atoms with van der Waals surface area (Å²) in [7, 11) is 1.29. The fourth-order valence-corrected chi connectivity index (χ4v) is 1.20. The van der Waals surface area contributed by atoms with Crippen molar-refractivity contribution in [3.8, 4) is 0 Å². The lowest BCUT2D eigenvalue weighted by molar-refractivity contribution is 0.0587. The van der Waals surface area contributed by atoms with Crippen molar-refractivity contribution in [3.05, 3.63) is 18.1 Å². The van der Waals surface area contributed by atoms with E-state index in [1.807, 2.05) is 0 Å². The van der Waals surface area contributed by atoms with E-state index in [1.54, 1.807) is 6.07 Å². The first kappa shape index (κ1) is 9.85. The number of esters is 1. The molecule has 1 saturated carbocycles. The Bertz CT molecular complexity index is 382. The van der Waals surface area contributed by atoms with Crippen molar-refractivity contribution < 1.29 is 9.53 Å². The van der Waals surface area contributed by atoms with Gasteiger partial charge in [-0.1, -0.05) is 0 Å². The molecule has 0 saturated heterocycles. The molecule has 1 aromatic rings. The second kappa shape index (κ2) is 3.82. The highest BCUT2D eigenvalue weighted by molar-refractivity contribution is 5.85. The van der Waals surface area contributed by atoms with Crippen LogP contribution in [0.3, 0.4) is 0 Å². The van der Waals surface area contributed by atoms with Gasteiger partial charge in [0.2, 0.25) is 5.82 Å². The number of nitrogens with one attached hydrogen (secondary N) is 1. The molecule has 6 heteroatoms. The maximum absolute atomic E-state index is 11.1. The molecule has 15 heavy (non-hydrogen) atoms. The van der Waals surface area contributed by atoms with Gasteiger partial charge in [-0.05, 0) is 12.5 Å². The van der Waals surface area contributed by atoms with E-state index in [4.69, 9.17) is 5.73 Å². The van der Waals surface area contributed by atoms with Gasteiger partial charge in [-0.3, -0.25) is 0 Å². The van der Waals surface area contributed by atoms with Crippen LogP contribution in [0, 0.1) is 0 Å². The molecular formula is C9H12N4O2. The SMILES string of the molecule is COC(=O)c1nccc(NC2CC2N)n1. The molecule has 2 atom stereocenters. The zero-order chi connectivity index (χ0) is 10.8. The number of carbonyl (C=O) groups is 1. The van der Waals surface area contributed by atoms with Crippen LogP contribution in [0.2, 0.25) is 0 Å². The Labute approximate surface area is 86.9 Å². The largest absolute Gasteiger partial charge is 0.463 e. The third-order valence-electron chi connectivity index (χ3n) is 2.20. The van der Waals surface area contributed by atoms with Gasteiger partial charge in [0.1, 0.15) is 5.82 Å². The molecule has 2 rings (SSSR count). The topological polar surface area (TPSA) is 90.1 Å². The number of ether oxygens (including phenoxy) is 1. The van der Waals surface area contributed by atoms with Crippen molar-refractivity contribution in [2.45, 2.75) is 18.5 Å². The molecule has 2 unspecified atom stereocenters. The van der Waals surface area contributed by atoms with Crippen molar-refractivity contribution in [1.29, 1.82) is 0 Å². The van der Waals surface area contributed by atoms with E-state index in [0.29, 0.717) is 5.82 Å². The lowest BCUT2D eigenvalue weighted by Crippen LogP contribution is -2.15. The minimum atomic E-state index is -0.543. The van der Waals surface area contributed by atoms with Crippen molar-refractivity contribution in [2.75, 3.05) is 12.4 Å². The molecule has 0 aromatic carbocycles. The number of nitrogens with two attached hydrogens (primary N) is 1. The number of carbonyl (C=O) groups excluding carboxylic acids is 1. The third kappa shape index (κ3) is 2.21. The average Bonchev–Trinajstić information content (AvgIpc) is 2.93. The smallest absolute Gasteiger partial charge is 0.376 e. The second-order valence-corrected chi connectivity index (χ2v) is 3.41. The Morgan fingerprint density at radius 2 is 2.47 bits per heavy atom. The maximum atomic E-state index is 11.1. The van der Waals surface area contributed by atoms with Gasteiger partial charge >= 0.3 is 5.97 Å². The van der Waals surface area contributed by atoms with E-state index in [1.165, 1.54) is 13.3 Å². The molecule has 3 N–H and O–H groups in total. The highest BCUT2D eigenvalue weighted by Crippen LogP contribution is 2.22. The summed E-state index contributed by atoms with van der Waals surface area (Å²) in [5.41, 5.74) is 5.64. The van der Waals surface area contributed by atoms with Crippen LogP contribution in [0.1, 0.15) is 17.0 Å². The molecule has 0 amide bonds. The summed E-state index contributed by atoms with van der Waals surface area (Å²) >= 11 is 0. The summed E-state index contributed by atoms with van der Waals surface area (Å²) in [6.45, 7) is 0. The first-order valence-electron chi connectivity index (χ1n) is 4.64. The molecule has 0 radical (unpaired) electrons. The summed E-state index contributed by atoms with van der Waals surface area (Å²) < 4.78 is 4.52. The minimum Gasteiger partial charge on any atom is -0.463 e. The fourth-order valence-electron chi connectivity index (χ4n) is 1.20. The van der Waals surface area contributed by atoms with Gasteiger partial charge in [0, 0.05) is 18.3 Å². The van der Waals surface area contributed by atoms with E-state index < -0.39 is 5.97 Å². The fraction of sp³-hybridized carbons (Fsp3) is 0.444. The molecule has 1 aliphatic rings. The van der Waals surface area contributed by atoms with Crippen LogP contribution < -0.4 is 11.1 Å². The van der Waals surface area contributed by atoms with Crippen LogP contribution in [-0.4, -0.2) is 35.1 Å². The van der Waals surface area contributed by atoms with E-state index in [2.05, 4.69) is 20.0 Å². The van der Waals surface area contributed by atoms with Crippen LogP contribution in [0.5, 0.6) is 0 Å². The van der Waals surface area contributed by atoms with Crippen molar-refractivity contribution in [1.82, 2.24) is 9.97 Å². The summed E-state index contributed by atoms with van der Waals surface area (Å²) in [4.78, 5) is 18.9. The van der Waals surface area contributed by atoms with Gasteiger partial charge in [-0.15, -0.1) is 0 Å². The predicted octanol–water partition coefficient (Wildman–Crippen LogP) is -0.225. The Morgan fingerprint density at radius 1 is 1.73 bits per heavy atom. The Kier molecular flexibility index (Phi) is 2.51. The Morgan fingerprint density at radius 3 is 3.07 bits per heavy atom. The highest BCUT2D eigenvalue weighted by atomic mass is 16.5. The van der Waals surface area contributed by atoms with E-state index in [9.17, 15) is 4.79 Å². The van der Waals surface area contributed by atoms with Crippen molar-refractivity contribution >= 4 is 11.8 Å². The van der Waals surface area contributed by atoms with Crippen LogP contribution in [0.15, 0.2) is 12.3 Å². The van der Waals surface area contributed by atoms with Gasteiger partial charge in [0.05, 0.1) is 7.11 Å². The number of hydrogen-bond acceptors (Lipinski definition) is 6. The normalized spacial score (nSPS) is 23.3. The lowest BCUT2D eigenvalue weighted by atomic mass is 10.5. The number of methoxy groups -OCH3 is 1.